The first-order chi connectivity index (χ1) is 9.15. The molecule has 19 heavy (non-hydrogen) atoms. The minimum absolute atomic E-state index is 0.00245. The van der Waals surface area contributed by atoms with Crippen molar-refractivity contribution in [3.63, 3.8) is 0 Å². The molecule has 1 amide bonds. The summed E-state index contributed by atoms with van der Waals surface area (Å²) in [5.74, 6) is -1.27. The highest BCUT2D eigenvalue weighted by molar-refractivity contribution is 7.15. The topological polar surface area (TPSA) is 82.5 Å². The summed E-state index contributed by atoms with van der Waals surface area (Å²) in [4.78, 5) is 30.2. The summed E-state index contributed by atoms with van der Waals surface area (Å²) < 4.78 is 0. The molecule has 0 radical (unpaired) electrons. The monoisotopic (exact) mass is 281 g/mol. The lowest BCUT2D eigenvalue weighted by atomic mass is 10.1. The molecule has 1 unspecified atom stereocenters. The van der Waals surface area contributed by atoms with E-state index in [1.54, 1.807) is 0 Å². The Bertz CT molecular complexity index is 528. The maximum atomic E-state index is 11.5. The Morgan fingerprint density at radius 3 is 3.16 bits per heavy atom. The SMILES string of the molecule is O=C1CN(c2nc3c(s2)CCC3C(=O)O)CCCN1. The van der Waals surface area contributed by atoms with Gasteiger partial charge in [0.2, 0.25) is 5.91 Å². The van der Waals surface area contributed by atoms with Crippen molar-refractivity contribution in [2.75, 3.05) is 24.5 Å². The minimum atomic E-state index is -0.802. The number of nitrogens with zero attached hydrogens (tertiary/aromatic N) is 2. The molecule has 6 nitrogen and oxygen atoms in total. The highest BCUT2D eigenvalue weighted by atomic mass is 32.1. The maximum Gasteiger partial charge on any atom is 0.312 e. The standard InChI is InChI=1S/C12H15N3O3S/c16-9-6-15(5-1-4-13-9)12-14-10-7(11(17)18)2-3-8(10)19-12/h7H,1-6H2,(H,13,16)(H,17,18). The molecule has 1 aromatic rings. The predicted molar refractivity (Wildman–Crippen MR) is 70.7 cm³/mol. The Morgan fingerprint density at radius 1 is 1.53 bits per heavy atom. The number of amides is 1. The number of anilines is 1. The summed E-state index contributed by atoms with van der Waals surface area (Å²) in [5.41, 5.74) is 0.706. The van der Waals surface area contributed by atoms with E-state index in [2.05, 4.69) is 10.3 Å². The summed E-state index contributed by atoms with van der Waals surface area (Å²) in [7, 11) is 0. The minimum Gasteiger partial charge on any atom is -0.481 e. The Hall–Kier alpha value is -1.63. The van der Waals surface area contributed by atoms with Gasteiger partial charge in [0.25, 0.3) is 0 Å². The predicted octanol–water partition coefficient (Wildman–Crippen LogP) is 0.584. The Morgan fingerprint density at radius 2 is 2.37 bits per heavy atom. The van der Waals surface area contributed by atoms with Crippen molar-refractivity contribution < 1.29 is 14.7 Å². The van der Waals surface area contributed by atoms with E-state index >= 15 is 0 Å². The molecule has 1 saturated heterocycles. The van der Waals surface area contributed by atoms with Gasteiger partial charge in [-0.2, -0.15) is 0 Å². The molecule has 2 heterocycles. The van der Waals surface area contributed by atoms with Crippen molar-refractivity contribution in [2.24, 2.45) is 0 Å². The van der Waals surface area contributed by atoms with Gasteiger partial charge in [-0.15, -0.1) is 11.3 Å². The molecule has 0 spiro atoms. The lowest BCUT2D eigenvalue weighted by Crippen LogP contribution is -2.33. The van der Waals surface area contributed by atoms with Gasteiger partial charge in [-0.3, -0.25) is 9.59 Å². The molecule has 102 valence electrons. The van der Waals surface area contributed by atoms with Crippen LogP contribution in [0.5, 0.6) is 0 Å². The van der Waals surface area contributed by atoms with Crippen LogP contribution in [-0.2, 0) is 16.0 Å². The van der Waals surface area contributed by atoms with Crippen LogP contribution in [-0.4, -0.2) is 41.6 Å². The number of aromatic nitrogens is 1. The quantitative estimate of drug-likeness (QED) is 0.829. The molecule has 1 aromatic heterocycles. The molecular formula is C12H15N3O3S. The van der Waals surface area contributed by atoms with Gasteiger partial charge in [0.05, 0.1) is 12.2 Å². The molecular weight excluding hydrogens is 266 g/mol. The van der Waals surface area contributed by atoms with Crippen LogP contribution >= 0.6 is 11.3 Å². The molecule has 0 bridgehead atoms. The van der Waals surface area contributed by atoms with Gasteiger partial charge in [-0.1, -0.05) is 0 Å². The first kappa shape index (κ1) is 12.4. The molecule has 1 fully saturated rings. The van der Waals surface area contributed by atoms with Gasteiger partial charge in [0.15, 0.2) is 5.13 Å². The summed E-state index contributed by atoms with van der Waals surface area (Å²) in [6.45, 7) is 1.78. The smallest absolute Gasteiger partial charge is 0.312 e. The fourth-order valence-electron chi connectivity index (χ4n) is 2.56. The number of carbonyl (C=O) groups excluding carboxylic acids is 1. The summed E-state index contributed by atoms with van der Waals surface area (Å²) in [6, 6.07) is 0. The van der Waals surface area contributed by atoms with Crippen molar-refractivity contribution in [1.29, 1.82) is 0 Å². The third-order valence-corrected chi connectivity index (χ3v) is 4.73. The van der Waals surface area contributed by atoms with Crippen molar-refractivity contribution >= 4 is 28.3 Å². The zero-order chi connectivity index (χ0) is 13.4. The van der Waals surface area contributed by atoms with Gasteiger partial charge >= 0.3 is 5.97 Å². The average Bonchev–Trinajstić information content (AvgIpc) is 2.85. The zero-order valence-corrected chi connectivity index (χ0v) is 11.2. The summed E-state index contributed by atoms with van der Waals surface area (Å²) in [6.07, 6.45) is 2.31. The van der Waals surface area contributed by atoms with E-state index in [9.17, 15) is 9.59 Å². The summed E-state index contributed by atoms with van der Waals surface area (Å²) in [5, 5.41) is 12.8. The number of carbonyl (C=O) groups is 2. The third kappa shape index (κ3) is 2.30. The lowest BCUT2D eigenvalue weighted by molar-refractivity contribution is -0.138. The highest BCUT2D eigenvalue weighted by Crippen LogP contribution is 2.39. The molecule has 1 aliphatic heterocycles. The Labute approximate surface area is 114 Å². The van der Waals surface area contributed by atoms with Crippen LogP contribution in [0, 0.1) is 0 Å². The second-order valence-electron chi connectivity index (χ2n) is 4.86. The number of hydrogen-bond donors (Lipinski definition) is 2. The first-order valence-corrected chi connectivity index (χ1v) is 7.21. The van der Waals surface area contributed by atoms with E-state index in [0.29, 0.717) is 25.2 Å². The Kier molecular flexibility index (Phi) is 3.14. The number of carboxylic acid groups (broad SMARTS) is 1. The normalized spacial score (nSPS) is 22.8. The summed E-state index contributed by atoms with van der Waals surface area (Å²) >= 11 is 1.53. The molecule has 2 N–H and O–H groups in total. The van der Waals surface area contributed by atoms with Gasteiger partial charge < -0.3 is 15.3 Å². The zero-order valence-electron chi connectivity index (χ0n) is 10.4. The number of fused-ring (bicyclic) bond motifs is 1. The maximum absolute atomic E-state index is 11.5. The van der Waals surface area contributed by atoms with E-state index in [1.807, 2.05) is 4.90 Å². The molecule has 0 saturated carbocycles. The lowest BCUT2D eigenvalue weighted by Gasteiger charge is -2.17. The van der Waals surface area contributed by atoms with Crippen LogP contribution in [0.4, 0.5) is 5.13 Å². The molecule has 1 aliphatic carbocycles. The van der Waals surface area contributed by atoms with Crippen LogP contribution in [0.15, 0.2) is 0 Å². The molecule has 3 rings (SSSR count). The van der Waals surface area contributed by atoms with Gasteiger partial charge in [-0.05, 0) is 19.3 Å². The van der Waals surface area contributed by atoms with E-state index in [4.69, 9.17) is 5.11 Å². The van der Waals surface area contributed by atoms with Crippen LogP contribution < -0.4 is 10.2 Å². The van der Waals surface area contributed by atoms with Gasteiger partial charge in [-0.25, -0.2) is 4.98 Å². The fraction of sp³-hybridized carbons (Fsp3) is 0.583. The largest absolute Gasteiger partial charge is 0.481 e. The Balaban J connectivity index is 1.85. The second-order valence-corrected chi connectivity index (χ2v) is 5.92. The van der Waals surface area contributed by atoms with E-state index in [1.165, 1.54) is 11.3 Å². The van der Waals surface area contributed by atoms with E-state index in [0.717, 1.165) is 29.4 Å². The van der Waals surface area contributed by atoms with Crippen LogP contribution in [0.1, 0.15) is 29.3 Å². The number of carboxylic acids is 1. The number of nitrogens with one attached hydrogen (secondary N) is 1. The van der Waals surface area contributed by atoms with Crippen LogP contribution in [0.25, 0.3) is 0 Å². The highest BCUT2D eigenvalue weighted by Gasteiger charge is 2.33. The van der Waals surface area contributed by atoms with Gasteiger partial charge in [0, 0.05) is 18.0 Å². The fourth-order valence-corrected chi connectivity index (χ4v) is 3.72. The number of thiazole rings is 1. The van der Waals surface area contributed by atoms with E-state index in [-0.39, 0.29) is 5.91 Å². The van der Waals surface area contributed by atoms with Crippen LogP contribution in [0.2, 0.25) is 0 Å². The number of rotatable bonds is 2. The molecule has 2 aliphatic rings. The van der Waals surface area contributed by atoms with Crippen molar-refractivity contribution in [1.82, 2.24) is 10.3 Å². The number of aliphatic carboxylic acids is 1. The average molecular weight is 281 g/mol. The second kappa shape index (κ2) is 4.80. The van der Waals surface area contributed by atoms with Crippen molar-refractivity contribution in [3.05, 3.63) is 10.6 Å². The van der Waals surface area contributed by atoms with Crippen LogP contribution in [0.3, 0.4) is 0 Å². The molecule has 1 atom stereocenters. The molecule has 7 heteroatoms. The van der Waals surface area contributed by atoms with E-state index < -0.39 is 11.9 Å². The van der Waals surface area contributed by atoms with Crippen molar-refractivity contribution in [3.8, 4) is 0 Å². The molecule has 0 aromatic carbocycles. The number of aryl methyl sites for hydroxylation is 1. The third-order valence-electron chi connectivity index (χ3n) is 3.54. The van der Waals surface area contributed by atoms with Crippen molar-refractivity contribution in [2.45, 2.75) is 25.2 Å². The first-order valence-electron chi connectivity index (χ1n) is 6.39. The number of hydrogen-bond acceptors (Lipinski definition) is 5. The van der Waals surface area contributed by atoms with Gasteiger partial charge in [0.1, 0.15) is 5.92 Å².